The monoisotopic (exact) mass is 1410 g/mol. The fourth-order valence-corrected chi connectivity index (χ4v) is 14.3. The van der Waals surface area contributed by atoms with Gasteiger partial charge in [0.05, 0.1) is 49.7 Å². The van der Waals surface area contributed by atoms with Crippen molar-refractivity contribution in [1.82, 2.24) is 40.2 Å². The van der Waals surface area contributed by atoms with Crippen LogP contribution in [0.25, 0.3) is 20.9 Å². The number of rotatable bonds is 26. The van der Waals surface area contributed by atoms with E-state index in [0.717, 1.165) is 54.3 Å². The lowest BCUT2D eigenvalue weighted by Gasteiger charge is -2.35. The van der Waals surface area contributed by atoms with Crippen LogP contribution in [-0.2, 0) is 64.3 Å². The number of thiazole rings is 2. The minimum absolute atomic E-state index is 0.0165. The van der Waals surface area contributed by atoms with Crippen LogP contribution in [0.5, 0.6) is 11.5 Å². The molecule has 5 N–H and O–H groups in total. The Kier molecular flexibility index (Phi) is 26.8. The SMILES string of the molecule is CCOC(CBr)OCC.CCOC(COc1cc(-c2scnc2C)ccc1CNC(=O)[C@@H]1C[C@@H](O)CN1C(=O)[C@H](C(C)C)N1Cc2ccccc2C1=O)OCC.Cc1ncsc1-c1ccc(CNC(=O)[C@@H]2C[C@@H](O)CN2C(=O)[C@H](C(C)C)N2Cc3ccccc3C2=O)c(O)c1. The first-order chi connectivity index (χ1) is 45.6. The van der Waals surface area contributed by atoms with E-state index in [1.165, 1.54) is 32.5 Å². The lowest BCUT2D eigenvalue weighted by Crippen LogP contribution is -2.55. The molecule has 0 bridgehead atoms. The van der Waals surface area contributed by atoms with Crippen LogP contribution in [0.15, 0.2) is 96.0 Å². The van der Waals surface area contributed by atoms with Crippen molar-refractivity contribution >= 4 is 74.0 Å². The molecule has 512 valence electrons. The van der Waals surface area contributed by atoms with Crippen LogP contribution in [0.2, 0.25) is 0 Å². The maximum atomic E-state index is 14.1. The number of nitrogens with one attached hydrogen (secondary N) is 2. The molecule has 0 unspecified atom stereocenters. The number of aliphatic hydroxyl groups excluding tert-OH is 2. The van der Waals surface area contributed by atoms with Gasteiger partial charge in [0.1, 0.15) is 42.3 Å². The summed E-state index contributed by atoms with van der Waals surface area (Å²) in [5.41, 5.74) is 11.3. The van der Waals surface area contributed by atoms with Crippen LogP contribution < -0.4 is 15.4 Å². The van der Waals surface area contributed by atoms with Gasteiger partial charge in [-0.05, 0) is 99.9 Å². The Morgan fingerprint density at radius 2 is 1.03 bits per heavy atom. The molecule has 0 saturated carbocycles. The van der Waals surface area contributed by atoms with Gasteiger partial charge in [0, 0.05) is 101 Å². The Hall–Kier alpha value is -7.20. The molecular formula is C70H89BrN8O14S2. The molecule has 25 heteroatoms. The van der Waals surface area contributed by atoms with E-state index in [4.69, 9.17) is 23.7 Å². The number of phenols is 1. The summed E-state index contributed by atoms with van der Waals surface area (Å²) in [4.78, 5) is 97.9. The van der Waals surface area contributed by atoms with Gasteiger partial charge in [-0.15, -0.1) is 22.7 Å². The number of halogens is 1. The van der Waals surface area contributed by atoms with E-state index in [2.05, 4.69) is 36.5 Å². The van der Waals surface area contributed by atoms with E-state index in [1.807, 2.05) is 124 Å². The molecule has 4 aromatic carbocycles. The minimum Gasteiger partial charge on any atom is -0.508 e. The van der Waals surface area contributed by atoms with Crippen molar-refractivity contribution in [1.29, 1.82) is 0 Å². The molecule has 0 radical (unpaired) electrons. The van der Waals surface area contributed by atoms with Crippen LogP contribution in [0.3, 0.4) is 0 Å². The van der Waals surface area contributed by atoms with E-state index >= 15 is 0 Å². The summed E-state index contributed by atoms with van der Waals surface area (Å²) in [5.74, 6) is -1.70. The normalized spacial score (nSPS) is 18.0. The lowest BCUT2D eigenvalue weighted by atomic mass is 10.0. The van der Waals surface area contributed by atoms with E-state index < -0.39 is 48.6 Å². The number of amides is 6. The van der Waals surface area contributed by atoms with Crippen LogP contribution in [0, 0.1) is 25.7 Å². The van der Waals surface area contributed by atoms with E-state index in [-0.39, 0.29) is 99.0 Å². The average Bonchev–Trinajstić information content (AvgIpc) is 1.64. The molecule has 2 saturated heterocycles. The van der Waals surface area contributed by atoms with Gasteiger partial charge >= 0.3 is 0 Å². The lowest BCUT2D eigenvalue weighted by molar-refractivity contribution is -0.152. The average molecular weight is 1410 g/mol. The minimum atomic E-state index is -0.886. The largest absolute Gasteiger partial charge is 0.508 e. The Balaban J connectivity index is 0.000000218. The number of alkyl halides is 1. The summed E-state index contributed by atoms with van der Waals surface area (Å²) < 4.78 is 27.9. The first kappa shape index (κ1) is 73.6. The highest BCUT2D eigenvalue weighted by atomic mass is 79.9. The second-order valence-electron chi connectivity index (χ2n) is 24.1. The third kappa shape index (κ3) is 18.1. The quantitative estimate of drug-likeness (QED) is 0.0250. The molecule has 2 fully saturated rings. The number of aliphatic hydroxyl groups is 2. The van der Waals surface area contributed by atoms with Crippen molar-refractivity contribution in [3.05, 3.63) is 141 Å². The molecule has 10 rings (SSSR count). The van der Waals surface area contributed by atoms with Crippen LogP contribution in [-0.4, -0.2) is 181 Å². The van der Waals surface area contributed by atoms with E-state index in [0.29, 0.717) is 62.0 Å². The fraction of sp³-hybridized carbons (Fsp3) is 0.486. The smallest absolute Gasteiger partial charge is 0.255 e. The number of aromatic nitrogens is 2. The molecular weight excluding hydrogens is 1320 g/mol. The molecule has 6 atom stereocenters. The number of ether oxygens (including phenoxy) is 5. The van der Waals surface area contributed by atoms with Crippen LogP contribution in [0.1, 0.15) is 123 Å². The summed E-state index contributed by atoms with van der Waals surface area (Å²) in [7, 11) is 0. The Labute approximate surface area is 572 Å². The number of likely N-dealkylation sites (tertiary alicyclic amines) is 2. The Morgan fingerprint density at radius 1 is 0.611 bits per heavy atom. The molecule has 0 aliphatic carbocycles. The van der Waals surface area contributed by atoms with Gasteiger partial charge in [0.2, 0.25) is 23.6 Å². The molecule has 95 heavy (non-hydrogen) atoms. The highest BCUT2D eigenvalue weighted by molar-refractivity contribution is 9.09. The molecule has 6 aromatic rings. The number of fused-ring (bicyclic) bond motifs is 2. The number of aryl methyl sites for hydroxylation is 2. The van der Waals surface area contributed by atoms with E-state index in [9.17, 15) is 44.1 Å². The first-order valence-electron chi connectivity index (χ1n) is 32.3. The number of aromatic hydroxyl groups is 1. The van der Waals surface area contributed by atoms with Crippen molar-refractivity contribution in [3.8, 4) is 32.4 Å². The highest BCUT2D eigenvalue weighted by Crippen LogP contribution is 2.36. The van der Waals surface area contributed by atoms with Crippen LogP contribution in [0.4, 0.5) is 0 Å². The molecule has 22 nitrogen and oxygen atoms in total. The number of carbonyl (C=O) groups excluding carboxylic acids is 6. The van der Waals surface area contributed by atoms with E-state index in [1.54, 1.807) is 51.2 Å². The predicted octanol–water partition coefficient (Wildman–Crippen LogP) is 9.02. The van der Waals surface area contributed by atoms with Crippen LogP contribution >= 0.6 is 38.6 Å². The number of nitrogens with zero attached hydrogens (tertiary/aromatic N) is 6. The summed E-state index contributed by atoms with van der Waals surface area (Å²) in [6.45, 7) is 22.4. The second kappa shape index (κ2) is 34.6. The maximum absolute atomic E-state index is 14.1. The summed E-state index contributed by atoms with van der Waals surface area (Å²) in [6.07, 6.45) is -2.12. The number of phenolic OH excluding ortho intramolecular Hbond substituents is 1. The van der Waals surface area contributed by atoms with Gasteiger partial charge in [-0.1, -0.05) is 104 Å². The maximum Gasteiger partial charge on any atom is 0.255 e. The number of benzene rings is 4. The number of hydrogen-bond donors (Lipinski definition) is 5. The van der Waals surface area contributed by atoms with Gasteiger partial charge in [0.25, 0.3) is 11.8 Å². The van der Waals surface area contributed by atoms with Crippen molar-refractivity contribution in [2.75, 3.05) is 51.5 Å². The molecule has 0 spiro atoms. The predicted molar refractivity (Wildman–Crippen MR) is 365 cm³/mol. The number of hydrogen-bond acceptors (Lipinski definition) is 18. The van der Waals surface area contributed by atoms with Gasteiger partial charge in [-0.3, -0.25) is 28.8 Å². The Bertz CT molecular complexity index is 3590. The van der Waals surface area contributed by atoms with Gasteiger partial charge in [-0.2, -0.15) is 0 Å². The summed E-state index contributed by atoms with van der Waals surface area (Å²) in [6, 6.07) is 22.4. The number of carbonyl (C=O) groups is 6. The number of β-amino-alcohol motifs (C(OH)–C–C–N with tert-alkyl or cyclic N) is 2. The summed E-state index contributed by atoms with van der Waals surface area (Å²) in [5, 5.41) is 38.2. The third-order valence-corrected chi connectivity index (χ3v) is 19.3. The topological polar surface area (TPSA) is 272 Å². The first-order valence-corrected chi connectivity index (χ1v) is 35.2. The highest BCUT2D eigenvalue weighted by Gasteiger charge is 2.48. The van der Waals surface area contributed by atoms with Gasteiger partial charge in [-0.25, -0.2) is 9.97 Å². The van der Waals surface area contributed by atoms with Crippen molar-refractivity contribution in [2.45, 2.75) is 157 Å². The standard InChI is InChI=1S/C35H44N4O7S.C29H32N4O5S.C6H13BrO2/c1-6-44-30(45-7-2)19-46-29-14-23(32-22(5)37-20-47-32)12-13-24(29)16-36-33(41)28-15-26(40)18-38(28)35(43)31(21(3)4)39-17-25-10-8-9-11-27(25)34(39)42;1-16(2)25(33-13-20-6-4-5-7-22(20)28(33)37)29(38)32-14-21(34)11-23(32)27(36)30-12-19-9-8-18(10-24(19)35)26-17(3)31-15-39-26;1-3-8-6(5-7)9-4-2/h8-14,20-21,26,28,30-31,40H,6-7,15-19H2,1-5H3,(H,36,41);4-10,15-16,21,23,25,34-35H,11-14H2,1-3H3,(H,30,36);6H,3-5H2,1-2H3/t26-,28+,31+;21-,23+,25+;/m11./s1. The fourth-order valence-electron chi connectivity index (χ4n) is 12.3. The van der Waals surface area contributed by atoms with Gasteiger partial charge < -0.3 is 69.2 Å². The Morgan fingerprint density at radius 3 is 1.43 bits per heavy atom. The zero-order chi connectivity index (χ0) is 68.6. The third-order valence-electron chi connectivity index (χ3n) is 16.9. The van der Waals surface area contributed by atoms with Gasteiger partial charge in [0.15, 0.2) is 12.6 Å². The van der Waals surface area contributed by atoms with Crippen molar-refractivity contribution < 1.29 is 67.8 Å². The zero-order valence-corrected chi connectivity index (χ0v) is 58.8. The van der Waals surface area contributed by atoms with Crippen molar-refractivity contribution in [3.63, 3.8) is 0 Å². The van der Waals surface area contributed by atoms with Crippen molar-refractivity contribution in [2.24, 2.45) is 11.8 Å². The molecule has 6 amide bonds. The summed E-state index contributed by atoms with van der Waals surface area (Å²) >= 11 is 6.29. The zero-order valence-electron chi connectivity index (χ0n) is 55.6. The molecule has 4 aliphatic heterocycles. The second-order valence-corrected chi connectivity index (χ2v) is 26.5. The molecule has 4 aliphatic rings. The molecule has 6 heterocycles. The molecule has 2 aromatic heterocycles.